The standard InChI is InChI=1S/C13H26N2O2/c1-4-5-6-7-14-12(16)10-15-8-9-17-13(2,3)11-15/h4-11H2,1-3H3,(H,14,16). The molecule has 0 saturated carbocycles. The van der Waals surface area contributed by atoms with E-state index in [0.717, 1.165) is 32.7 Å². The summed E-state index contributed by atoms with van der Waals surface area (Å²) in [4.78, 5) is 13.9. The van der Waals surface area contributed by atoms with Gasteiger partial charge in [-0.05, 0) is 20.3 Å². The maximum atomic E-state index is 11.7. The molecule has 0 radical (unpaired) electrons. The van der Waals surface area contributed by atoms with E-state index in [1.807, 2.05) is 0 Å². The fourth-order valence-corrected chi connectivity index (χ4v) is 2.11. The number of ether oxygens (including phenoxy) is 1. The first-order valence-corrected chi connectivity index (χ1v) is 6.66. The number of nitrogens with zero attached hydrogens (tertiary/aromatic N) is 1. The summed E-state index contributed by atoms with van der Waals surface area (Å²) >= 11 is 0. The molecule has 1 rings (SSSR count). The summed E-state index contributed by atoms with van der Waals surface area (Å²) in [5.74, 6) is 0.138. The largest absolute Gasteiger partial charge is 0.373 e. The van der Waals surface area contributed by atoms with E-state index in [9.17, 15) is 4.79 Å². The molecule has 1 aliphatic heterocycles. The van der Waals surface area contributed by atoms with Gasteiger partial charge < -0.3 is 10.1 Å². The highest BCUT2D eigenvalue weighted by molar-refractivity contribution is 5.77. The molecule has 0 aliphatic carbocycles. The molecule has 1 fully saturated rings. The zero-order valence-electron chi connectivity index (χ0n) is 11.4. The molecule has 1 aliphatic rings. The number of unbranched alkanes of at least 4 members (excludes halogenated alkanes) is 2. The van der Waals surface area contributed by atoms with E-state index < -0.39 is 0 Å². The maximum absolute atomic E-state index is 11.7. The van der Waals surface area contributed by atoms with Crippen molar-refractivity contribution in [3.8, 4) is 0 Å². The monoisotopic (exact) mass is 242 g/mol. The van der Waals surface area contributed by atoms with Crippen LogP contribution in [0, 0.1) is 0 Å². The molecule has 17 heavy (non-hydrogen) atoms. The summed E-state index contributed by atoms with van der Waals surface area (Å²) in [6, 6.07) is 0. The molecular weight excluding hydrogens is 216 g/mol. The molecule has 0 spiro atoms. The Kier molecular flexibility index (Phi) is 5.92. The summed E-state index contributed by atoms with van der Waals surface area (Å²) in [7, 11) is 0. The van der Waals surface area contributed by atoms with Crippen molar-refractivity contribution in [3.63, 3.8) is 0 Å². The number of amides is 1. The van der Waals surface area contributed by atoms with Gasteiger partial charge in [0.25, 0.3) is 0 Å². The summed E-state index contributed by atoms with van der Waals surface area (Å²) < 4.78 is 5.62. The fourth-order valence-electron chi connectivity index (χ4n) is 2.11. The highest BCUT2D eigenvalue weighted by Gasteiger charge is 2.27. The summed E-state index contributed by atoms with van der Waals surface area (Å²) in [5, 5.41) is 2.97. The highest BCUT2D eigenvalue weighted by Crippen LogP contribution is 2.15. The molecule has 0 bridgehead atoms. The second-order valence-electron chi connectivity index (χ2n) is 5.38. The van der Waals surface area contributed by atoms with E-state index in [-0.39, 0.29) is 11.5 Å². The van der Waals surface area contributed by atoms with E-state index in [1.165, 1.54) is 12.8 Å². The van der Waals surface area contributed by atoms with Crippen LogP contribution in [-0.2, 0) is 9.53 Å². The second-order valence-corrected chi connectivity index (χ2v) is 5.38. The second kappa shape index (κ2) is 6.97. The van der Waals surface area contributed by atoms with Gasteiger partial charge in [0.2, 0.25) is 5.91 Å². The van der Waals surface area contributed by atoms with Crippen LogP contribution in [0.1, 0.15) is 40.0 Å². The normalized spacial score (nSPS) is 20.2. The lowest BCUT2D eigenvalue weighted by Gasteiger charge is -2.37. The third kappa shape index (κ3) is 6.03. The van der Waals surface area contributed by atoms with Crippen molar-refractivity contribution < 1.29 is 9.53 Å². The van der Waals surface area contributed by atoms with Crippen LogP contribution in [0.5, 0.6) is 0 Å². The van der Waals surface area contributed by atoms with Crippen LogP contribution in [0.3, 0.4) is 0 Å². The molecule has 100 valence electrons. The van der Waals surface area contributed by atoms with Crippen molar-refractivity contribution in [1.82, 2.24) is 10.2 Å². The lowest BCUT2D eigenvalue weighted by molar-refractivity contribution is -0.127. The van der Waals surface area contributed by atoms with Crippen LogP contribution < -0.4 is 5.32 Å². The first-order chi connectivity index (χ1) is 8.03. The van der Waals surface area contributed by atoms with Gasteiger partial charge in [0.05, 0.1) is 18.8 Å². The smallest absolute Gasteiger partial charge is 0.234 e. The van der Waals surface area contributed by atoms with Crippen LogP contribution in [0.25, 0.3) is 0 Å². The molecule has 1 heterocycles. The Morgan fingerprint density at radius 3 is 2.82 bits per heavy atom. The topological polar surface area (TPSA) is 41.6 Å². The van der Waals surface area contributed by atoms with Crippen molar-refractivity contribution in [2.24, 2.45) is 0 Å². The van der Waals surface area contributed by atoms with Crippen molar-refractivity contribution >= 4 is 5.91 Å². The van der Waals surface area contributed by atoms with Crippen LogP contribution in [0.15, 0.2) is 0 Å². The number of rotatable bonds is 6. The van der Waals surface area contributed by atoms with Gasteiger partial charge in [-0.3, -0.25) is 9.69 Å². The molecular formula is C13H26N2O2. The van der Waals surface area contributed by atoms with E-state index in [2.05, 4.69) is 31.0 Å². The molecule has 0 aromatic heterocycles. The Hall–Kier alpha value is -0.610. The first-order valence-electron chi connectivity index (χ1n) is 6.66. The Balaban J connectivity index is 2.17. The Morgan fingerprint density at radius 1 is 1.41 bits per heavy atom. The van der Waals surface area contributed by atoms with Crippen molar-refractivity contribution in [3.05, 3.63) is 0 Å². The van der Waals surface area contributed by atoms with Crippen LogP contribution in [-0.4, -0.2) is 49.2 Å². The Labute approximate surface area is 105 Å². The first kappa shape index (κ1) is 14.5. The molecule has 0 aromatic rings. The fraction of sp³-hybridized carbons (Fsp3) is 0.923. The van der Waals surface area contributed by atoms with Gasteiger partial charge in [0.1, 0.15) is 0 Å². The Morgan fingerprint density at radius 2 is 2.18 bits per heavy atom. The lowest BCUT2D eigenvalue weighted by atomic mass is 10.1. The summed E-state index contributed by atoms with van der Waals surface area (Å²) in [5.41, 5.74) is -0.124. The summed E-state index contributed by atoms with van der Waals surface area (Å²) in [6.07, 6.45) is 3.45. The zero-order valence-corrected chi connectivity index (χ0v) is 11.4. The third-order valence-corrected chi connectivity index (χ3v) is 2.97. The Bertz CT molecular complexity index is 242. The van der Waals surface area contributed by atoms with Crippen LogP contribution >= 0.6 is 0 Å². The van der Waals surface area contributed by atoms with Crippen molar-refractivity contribution in [1.29, 1.82) is 0 Å². The molecule has 0 aromatic carbocycles. The van der Waals surface area contributed by atoms with Crippen molar-refractivity contribution in [2.75, 3.05) is 32.8 Å². The number of nitrogens with one attached hydrogen (secondary N) is 1. The molecule has 0 atom stereocenters. The minimum Gasteiger partial charge on any atom is -0.373 e. The third-order valence-electron chi connectivity index (χ3n) is 2.97. The van der Waals surface area contributed by atoms with Gasteiger partial charge in [-0.25, -0.2) is 0 Å². The lowest BCUT2D eigenvalue weighted by Crippen LogP contribution is -2.51. The predicted octanol–water partition coefficient (Wildman–Crippen LogP) is 1.40. The minimum atomic E-state index is -0.124. The van der Waals surface area contributed by atoms with Crippen molar-refractivity contribution in [2.45, 2.75) is 45.6 Å². The molecule has 1 saturated heterocycles. The SMILES string of the molecule is CCCCCNC(=O)CN1CCOC(C)(C)C1. The van der Waals surface area contributed by atoms with E-state index in [4.69, 9.17) is 4.74 Å². The quantitative estimate of drug-likeness (QED) is 0.716. The number of carbonyl (C=O) groups excluding carboxylic acids is 1. The molecule has 1 N–H and O–H groups in total. The minimum absolute atomic E-state index is 0.124. The van der Waals surface area contributed by atoms with E-state index in [0.29, 0.717) is 6.54 Å². The van der Waals surface area contributed by atoms with Gasteiger partial charge >= 0.3 is 0 Å². The number of morpholine rings is 1. The van der Waals surface area contributed by atoms with E-state index >= 15 is 0 Å². The average Bonchev–Trinajstić information content (AvgIpc) is 2.23. The molecule has 1 amide bonds. The average molecular weight is 242 g/mol. The number of hydrogen-bond acceptors (Lipinski definition) is 3. The van der Waals surface area contributed by atoms with Gasteiger partial charge in [-0.15, -0.1) is 0 Å². The van der Waals surface area contributed by atoms with Gasteiger partial charge in [0, 0.05) is 19.6 Å². The number of hydrogen-bond donors (Lipinski definition) is 1. The molecule has 4 nitrogen and oxygen atoms in total. The van der Waals surface area contributed by atoms with Gasteiger partial charge in [-0.1, -0.05) is 19.8 Å². The predicted molar refractivity (Wildman–Crippen MR) is 69.0 cm³/mol. The van der Waals surface area contributed by atoms with Crippen LogP contribution in [0.4, 0.5) is 0 Å². The zero-order chi connectivity index (χ0) is 12.7. The highest BCUT2D eigenvalue weighted by atomic mass is 16.5. The number of carbonyl (C=O) groups is 1. The van der Waals surface area contributed by atoms with E-state index in [1.54, 1.807) is 0 Å². The molecule has 0 unspecified atom stereocenters. The maximum Gasteiger partial charge on any atom is 0.234 e. The van der Waals surface area contributed by atoms with Crippen LogP contribution in [0.2, 0.25) is 0 Å². The van der Waals surface area contributed by atoms with Gasteiger partial charge in [-0.2, -0.15) is 0 Å². The van der Waals surface area contributed by atoms with Gasteiger partial charge in [0.15, 0.2) is 0 Å². The summed E-state index contributed by atoms with van der Waals surface area (Å²) in [6.45, 7) is 10.0. The molecule has 4 heteroatoms.